The maximum absolute atomic E-state index is 6.10. The van der Waals surface area contributed by atoms with Crippen molar-refractivity contribution in [3.8, 4) is 5.75 Å². The zero-order valence-electron chi connectivity index (χ0n) is 16.6. The number of hydrogen-bond acceptors (Lipinski definition) is 4. The first-order valence-corrected chi connectivity index (χ1v) is 9.92. The van der Waals surface area contributed by atoms with Gasteiger partial charge in [0.15, 0.2) is 0 Å². The van der Waals surface area contributed by atoms with E-state index in [2.05, 4.69) is 20.3 Å². The SMILES string of the molecule is Cc1nc(N=C(N)Nc2cccc(OCc3ccccc3)c2)nc2c1CCCC2. The molecular weight excluding hydrogens is 362 g/mol. The quantitative estimate of drug-likeness (QED) is 0.503. The molecule has 2 aromatic carbocycles. The molecule has 1 aliphatic carbocycles. The first kappa shape index (κ1) is 18.9. The van der Waals surface area contributed by atoms with Gasteiger partial charge in [-0.25, -0.2) is 9.97 Å². The first-order chi connectivity index (χ1) is 14.2. The fourth-order valence-electron chi connectivity index (χ4n) is 3.50. The van der Waals surface area contributed by atoms with Crippen LogP contribution in [0.2, 0.25) is 0 Å². The summed E-state index contributed by atoms with van der Waals surface area (Å²) < 4.78 is 5.87. The molecule has 0 saturated carbocycles. The summed E-state index contributed by atoms with van der Waals surface area (Å²) in [6, 6.07) is 17.7. The third-order valence-electron chi connectivity index (χ3n) is 4.95. The fourth-order valence-corrected chi connectivity index (χ4v) is 3.50. The van der Waals surface area contributed by atoms with E-state index in [0.29, 0.717) is 12.6 Å². The number of nitrogens with zero attached hydrogens (tertiary/aromatic N) is 3. The highest BCUT2D eigenvalue weighted by Gasteiger charge is 2.15. The first-order valence-electron chi connectivity index (χ1n) is 9.92. The Labute approximate surface area is 170 Å². The lowest BCUT2D eigenvalue weighted by molar-refractivity contribution is 0.306. The Morgan fingerprint density at radius 2 is 1.90 bits per heavy atom. The lowest BCUT2D eigenvalue weighted by atomic mass is 9.95. The molecule has 0 atom stereocenters. The summed E-state index contributed by atoms with van der Waals surface area (Å²) in [7, 11) is 0. The second kappa shape index (κ2) is 8.73. The molecule has 1 heterocycles. The van der Waals surface area contributed by atoms with Gasteiger partial charge in [0, 0.05) is 23.1 Å². The van der Waals surface area contributed by atoms with Crippen LogP contribution in [0, 0.1) is 6.92 Å². The van der Waals surface area contributed by atoms with Gasteiger partial charge in [0.2, 0.25) is 5.96 Å². The summed E-state index contributed by atoms with van der Waals surface area (Å²) in [6.07, 6.45) is 4.40. The molecule has 0 radical (unpaired) electrons. The molecule has 0 aliphatic heterocycles. The minimum absolute atomic E-state index is 0.250. The Morgan fingerprint density at radius 3 is 2.76 bits per heavy atom. The number of rotatable bonds is 5. The van der Waals surface area contributed by atoms with Crippen LogP contribution in [0.15, 0.2) is 59.6 Å². The average Bonchev–Trinajstić information content (AvgIpc) is 2.73. The van der Waals surface area contributed by atoms with Crippen molar-refractivity contribution < 1.29 is 4.74 Å². The number of hydrogen-bond donors (Lipinski definition) is 2. The number of benzene rings is 2. The van der Waals surface area contributed by atoms with Crippen molar-refractivity contribution in [3.05, 3.63) is 77.1 Å². The van der Waals surface area contributed by atoms with Gasteiger partial charge >= 0.3 is 0 Å². The summed E-state index contributed by atoms with van der Waals surface area (Å²) in [5.74, 6) is 1.41. The monoisotopic (exact) mass is 387 g/mol. The van der Waals surface area contributed by atoms with E-state index >= 15 is 0 Å². The molecule has 0 saturated heterocycles. The Hall–Kier alpha value is -3.41. The molecular formula is C23H25N5O. The number of fused-ring (bicyclic) bond motifs is 1. The van der Waals surface area contributed by atoms with Crippen molar-refractivity contribution in [1.82, 2.24) is 9.97 Å². The zero-order valence-corrected chi connectivity index (χ0v) is 16.6. The highest BCUT2D eigenvalue weighted by molar-refractivity contribution is 5.93. The normalized spacial score (nSPS) is 13.6. The molecule has 0 spiro atoms. The van der Waals surface area contributed by atoms with Crippen LogP contribution < -0.4 is 15.8 Å². The molecule has 148 valence electrons. The second-order valence-corrected chi connectivity index (χ2v) is 7.17. The van der Waals surface area contributed by atoms with Crippen molar-refractivity contribution in [2.45, 2.75) is 39.2 Å². The van der Waals surface area contributed by atoms with Crippen molar-refractivity contribution >= 4 is 17.6 Å². The minimum Gasteiger partial charge on any atom is -0.489 e. The number of nitrogens with two attached hydrogens (primary N) is 1. The number of aromatic nitrogens is 2. The van der Waals surface area contributed by atoms with Gasteiger partial charge in [0.25, 0.3) is 5.95 Å². The van der Waals surface area contributed by atoms with E-state index in [4.69, 9.17) is 10.5 Å². The molecule has 3 N–H and O–H groups in total. The number of aliphatic imine (C=N–C) groups is 1. The van der Waals surface area contributed by atoms with E-state index < -0.39 is 0 Å². The van der Waals surface area contributed by atoms with Crippen molar-refractivity contribution in [2.24, 2.45) is 10.7 Å². The van der Waals surface area contributed by atoms with E-state index in [1.165, 1.54) is 12.0 Å². The maximum atomic E-state index is 6.10. The second-order valence-electron chi connectivity index (χ2n) is 7.17. The standard InChI is InChI=1S/C23H25N5O/c1-16-20-12-5-6-13-21(20)27-23(25-16)28-22(24)26-18-10-7-11-19(14-18)29-15-17-8-3-2-4-9-17/h2-4,7-11,14H,5-6,12-13,15H2,1H3,(H3,24,25,26,27,28). The van der Waals surface area contributed by atoms with Gasteiger partial charge in [-0.15, -0.1) is 0 Å². The summed E-state index contributed by atoms with van der Waals surface area (Å²) in [5, 5.41) is 3.10. The minimum atomic E-state index is 0.250. The highest BCUT2D eigenvalue weighted by atomic mass is 16.5. The van der Waals surface area contributed by atoms with E-state index in [-0.39, 0.29) is 5.96 Å². The number of anilines is 1. The summed E-state index contributed by atoms with van der Waals surface area (Å²) >= 11 is 0. The third-order valence-corrected chi connectivity index (χ3v) is 4.95. The smallest absolute Gasteiger partial charge is 0.253 e. The topological polar surface area (TPSA) is 85.4 Å². The van der Waals surface area contributed by atoms with Gasteiger partial charge in [-0.2, -0.15) is 4.99 Å². The Morgan fingerprint density at radius 1 is 1.07 bits per heavy atom. The van der Waals surface area contributed by atoms with Gasteiger partial charge in [-0.05, 0) is 55.9 Å². The summed E-state index contributed by atoms with van der Waals surface area (Å²) in [4.78, 5) is 13.5. The van der Waals surface area contributed by atoms with Crippen LogP contribution in [0.1, 0.15) is 35.4 Å². The molecule has 0 amide bonds. The molecule has 1 aromatic heterocycles. The molecule has 1 aliphatic rings. The molecule has 0 fully saturated rings. The molecule has 0 unspecified atom stereocenters. The van der Waals surface area contributed by atoms with E-state index in [0.717, 1.165) is 47.7 Å². The Balaban J connectivity index is 1.44. The molecule has 6 heteroatoms. The largest absolute Gasteiger partial charge is 0.489 e. The van der Waals surface area contributed by atoms with Crippen LogP contribution in [0.25, 0.3) is 0 Å². The van der Waals surface area contributed by atoms with E-state index in [1.807, 2.05) is 61.5 Å². The molecule has 6 nitrogen and oxygen atoms in total. The average molecular weight is 387 g/mol. The van der Waals surface area contributed by atoms with Gasteiger partial charge in [0.05, 0.1) is 0 Å². The predicted molar refractivity (Wildman–Crippen MR) is 116 cm³/mol. The third kappa shape index (κ3) is 4.90. The number of aryl methyl sites for hydroxylation is 2. The fraction of sp³-hybridized carbons (Fsp3) is 0.261. The zero-order chi connectivity index (χ0) is 20.1. The summed E-state index contributed by atoms with van der Waals surface area (Å²) in [6.45, 7) is 2.53. The number of nitrogens with one attached hydrogen (secondary N) is 1. The van der Waals surface area contributed by atoms with Crippen molar-refractivity contribution in [3.63, 3.8) is 0 Å². The predicted octanol–water partition coefficient (Wildman–Crippen LogP) is 4.30. The van der Waals surface area contributed by atoms with E-state index in [9.17, 15) is 0 Å². The van der Waals surface area contributed by atoms with Crippen LogP contribution in [-0.2, 0) is 19.4 Å². The molecule has 29 heavy (non-hydrogen) atoms. The van der Waals surface area contributed by atoms with E-state index in [1.54, 1.807) is 0 Å². The lowest BCUT2D eigenvalue weighted by Crippen LogP contribution is -2.22. The Bertz CT molecular complexity index is 1020. The van der Waals surface area contributed by atoms with Crippen molar-refractivity contribution in [1.29, 1.82) is 0 Å². The van der Waals surface area contributed by atoms with Crippen LogP contribution in [-0.4, -0.2) is 15.9 Å². The van der Waals surface area contributed by atoms with Crippen LogP contribution in [0.3, 0.4) is 0 Å². The summed E-state index contributed by atoms with van der Waals surface area (Å²) in [5.41, 5.74) is 11.4. The van der Waals surface area contributed by atoms with Gasteiger partial charge in [-0.1, -0.05) is 36.4 Å². The van der Waals surface area contributed by atoms with Gasteiger partial charge in [-0.3, -0.25) is 0 Å². The van der Waals surface area contributed by atoms with Crippen LogP contribution in [0.5, 0.6) is 5.75 Å². The molecule has 3 aromatic rings. The molecule has 4 rings (SSSR count). The highest BCUT2D eigenvalue weighted by Crippen LogP contribution is 2.24. The van der Waals surface area contributed by atoms with Gasteiger partial charge < -0.3 is 15.8 Å². The number of guanidine groups is 1. The number of ether oxygens (including phenoxy) is 1. The van der Waals surface area contributed by atoms with Gasteiger partial charge in [0.1, 0.15) is 12.4 Å². The van der Waals surface area contributed by atoms with Crippen LogP contribution in [0.4, 0.5) is 11.6 Å². The lowest BCUT2D eigenvalue weighted by Gasteiger charge is -2.16. The van der Waals surface area contributed by atoms with Crippen LogP contribution >= 0.6 is 0 Å². The maximum Gasteiger partial charge on any atom is 0.253 e. The van der Waals surface area contributed by atoms with Crippen molar-refractivity contribution in [2.75, 3.05) is 5.32 Å². The molecule has 0 bridgehead atoms. The Kier molecular flexibility index (Phi) is 5.70.